The molecule has 0 saturated carbocycles. The first-order valence-corrected chi connectivity index (χ1v) is 2.59. The molecule has 0 aliphatic heterocycles. The molecule has 1 unspecified atom stereocenters. The lowest BCUT2D eigenvalue weighted by atomic mass is 10.3. The summed E-state index contributed by atoms with van der Waals surface area (Å²) in [5, 5.41) is 1.30. The molecule has 0 aliphatic carbocycles. The van der Waals surface area contributed by atoms with Gasteiger partial charge < -0.3 is 11.1 Å². The van der Waals surface area contributed by atoms with Crippen molar-refractivity contribution in [2.24, 2.45) is 5.73 Å². The van der Waals surface area contributed by atoms with Crippen LogP contribution in [-0.2, 0) is 0 Å². The van der Waals surface area contributed by atoms with Gasteiger partial charge in [-0.05, 0) is 0 Å². The number of carbonyl (C=O) groups excluding carboxylic acids is 1. The largest absolute Gasteiger partial charge is 0.405 e. The SMILES string of the molecule is NC(CNC(=O)F)C(F)(F)F. The Hall–Kier alpha value is -0.850. The molecule has 0 radical (unpaired) electrons. The molecule has 0 saturated heterocycles. The molecule has 0 aromatic carbocycles. The molecule has 0 rings (SSSR count). The summed E-state index contributed by atoms with van der Waals surface area (Å²) < 4.78 is 45.8. The average molecular weight is 174 g/mol. The van der Waals surface area contributed by atoms with E-state index in [1.807, 2.05) is 0 Å². The summed E-state index contributed by atoms with van der Waals surface area (Å²) in [5.74, 6) is 0. The highest BCUT2D eigenvalue weighted by molar-refractivity contribution is 5.65. The summed E-state index contributed by atoms with van der Waals surface area (Å²) in [6.45, 7) is -0.946. The fourth-order valence-electron chi connectivity index (χ4n) is 0.306. The van der Waals surface area contributed by atoms with Crippen molar-refractivity contribution in [2.75, 3.05) is 6.54 Å². The topological polar surface area (TPSA) is 55.1 Å². The Morgan fingerprint density at radius 1 is 1.55 bits per heavy atom. The average Bonchev–Trinajstić information content (AvgIpc) is 1.80. The molecule has 0 bridgehead atoms. The molecule has 0 heterocycles. The van der Waals surface area contributed by atoms with Gasteiger partial charge in [-0.15, -0.1) is 4.39 Å². The van der Waals surface area contributed by atoms with Crippen LogP contribution in [0.1, 0.15) is 0 Å². The number of hydrogen-bond donors (Lipinski definition) is 2. The highest BCUT2D eigenvalue weighted by Crippen LogP contribution is 2.17. The number of halogens is 4. The number of hydrogen-bond acceptors (Lipinski definition) is 2. The summed E-state index contributed by atoms with van der Waals surface area (Å²) in [4.78, 5) is 9.47. The van der Waals surface area contributed by atoms with E-state index >= 15 is 0 Å². The van der Waals surface area contributed by atoms with Gasteiger partial charge in [0.1, 0.15) is 6.04 Å². The Morgan fingerprint density at radius 3 is 2.27 bits per heavy atom. The van der Waals surface area contributed by atoms with E-state index in [2.05, 4.69) is 5.73 Å². The third kappa shape index (κ3) is 4.54. The van der Waals surface area contributed by atoms with Gasteiger partial charge in [0, 0.05) is 6.54 Å². The van der Waals surface area contributed by atoms with Gasteiger partial charge in [-0.1, -0.05) is 0 Å². The van der Waals surface area contributed by atoms with Gasteiger partial charge in [0.2, 0.25) is 0 Å². The monoisotopic (exact) mass is 174 g/mol. The number of amides is 1. The second-order valence-corrected chi connectivity index (χ2v) is 1.80. The minimum atomic E-state index is -4.61. The highest BCUT2D eigenvalue weighted by Gasteiger charge is 2.36. The first kappa shape index (κ1) is 10.2. The van der Waals surface area contributed by atoms with Crippen LogP contribution in [-0.4, -0.2) is 24.9 Å². The maximum Gasteiger partial charge on any atom is 0.405 e. The first-order valence-electron chi connectivity index (χ1n) is 2.59. The van der Waals surface area contributed by atoms with Gasteiger partial charge in [-0.2, -0.15) is 13.2 Å². The molecule has 3 nitrogen and oxygen atoms in total. The summed E-state index contributed by atoms with van der Waals surface area (Å²) >= 11 is 0. The zero-order valence-electron chi connectivity index (χ0n) is 5.28. The second-order valence-electron chi connectivity index (χ2n) is 1.80. The molecule has 3 N–H and O–H groups in total. The van der Waals surface area contributed by atoms with E-state index in [9.17, 15) is 22.4 Å². The van der Waals surface area contributed by atoms with Crippen LogP contribution >= 0.6 is 0 Å². The van der Waals surface area contributed by atoms with Crippen LogP contribution in [0, 0.1) is 0 Å². The standard InChI is InChI=1S/C4H6F4N2O/c5-3(11)10-1-2(9)4(6,7)8/h2H,1,9H2,(H,10,11). The Morgan fingerprint density at radius 2 is 2.00 bits per heavy atom. The number of nitrogens with two attached hydrogens (primary N) is 1. The van der Waals surface area contributed by atoms with Gasteiger partial charge in [-0.25, -0.2) is 4.79 Å². The number of nitrogens with one attached hydrogen (secondary N) is 1. The zero-order chi connectivity index (χ0) is 9.07. The molecular weight excluding hydrogens is 168 g/mol. The van der Waals surface area contributed by atoms with Crippen LogP contribution in [0.3, 0.4) is 0 Å². The minimum absolute atomic E-state index is 0.946. The van der Waals surface area contributed by atoms with E-state index < -0.39 is 24.9 Å². The maximum absolute atomic E-state index is 11.5. The van der Waals surface area contributed by atoms with E-state index in [0.717, 1.165) is 0 Å². The fraction of sp³-hybridized carbons (Fsp3) is 0.750. The van der Waals surface area contributed by atoms with Crippen molar-refractivity contribution in [3.63, 3.8) is 0 Å². The van der Waals surface area contributed by atoms with E-state index in [4.69, 9.17) is 0 Å². The molecule has 0 aliphatic rings. The van der Waals surface area contributed by atoms with Gasteiger partial charge in [-0.3, -0.25) is 0 Å². The van der Waals surface area contributed by atoms with Crippen molar-refractivity contribution < 1.29 is 22.4 Å². The fourth-order valence-corrected chi connectivity index (χ4v) is 0.306. The zero-order valence-corrected chi connectivity index (χ0v) is 5.28. The van der Waals surface area contributed by atoms with Crippen LogP contribution in [0.2, 0.25) is 0 Å². The minimum Gasteiger partial charge on any atom is -0.326 e. The van der Waals surface area contributed by atoms with Crippen LogP contribution in [0.15, 0.2) is 0 Å². The van der Waals surface area contributed by atoms with E-state index in [1.165, 1.54) is 5.32 Å². The van der Waals surface area contributed by atoms with Crippen LogP contribution in [0.25, 0.3) is 0 Å². The highest BCUT2D eigenvalue weighted by atomic mass is 19.4. The van der Waals surface area contributed by atoms with Crippen molar-refractivity contribution >= 4 is 6.16 Å². The molecule has 0 aromatic heterocycles. The summed E-state index contributed by atoms with van der Waals surface area (Å²) in [5.41, 5.74) is 4.49. The molecule has 11 heavy (non-hydrogen) atoms. The van der Waals surface area contributed by atoms with Gasteiger partial charge in [0.25, 0.3) is 0 Å². The molecule has 0 spiro atoms. The predicted molar refractivity (Wildman–Crippen MR) is 28.5 cm³/mol. The number of alkyl halides is 3. The molecule has 1 amide bonds. The summed E-state index contributed by atoms with van der Waals surface area (Å²) in [6.07, 6.45) is -6.63. The molecule has 0 fully saturated rings. The lowest BCUT2D eigenvalue weighted by Gasteiger charge is -2.14. The molecule has 0 aromatic rings. The lowest BCUT2D eigenvalue weighted by Crippen LogP contribution is -2.45. The smallest absolute Gasteiger partial charge is 0.326 e. The van der Waals surface area contributed by atoms with E-state index in [-0.39, 0.29) is 0 Å². The normalized spacial score (nSPS) is 14.3. The quantitative estimate of drug-likeness (QED) is 0.365. The first-order chi connectivity index (χ1) is 4.84. The van der Waals surface area contributed by atoms with Crippen molar-refractivity contribution in [3.8, 4) is 0 Å². The lowest BCUT2D eigenvalue weighted by molar-refractivity contribution is -0.146. The molecular formula is C4H6F4N2O. The van der Waals surface area contributed by atoms with Crippen molar-refractivity contribution in [2.45, 2.75) is 12.2 Å². The van der Waals surface area contributed by atoms with Crippen molar-refractivity contribution in [3.05, 3.63) is 0 Å². The van der Waals surface area contributed by atoms with Crippen molar-refractivity contribution in [1.29, 1.82) is 0 Å². The van der Waals surface area contributed by atoms with Gasteiger partial charge >= 0.3 is 12.3 Å². The third-order valence-electron chi connectivity index (χ3n) is 0.881. The van der Waals surface area contributed by atoms with E-state index in [0.29, 0.717) is 0 Å². The molecule has 1 atom stereocenters. The Bertz CT molecular complexity index is 146. The maximum atomic E-state index is 11.5. The predicted octanol–water partition coefficient (Wildman–Crippen LogP) is 0.555. The third-order valence-corrected chi connectivity index (χ3v) is 0.881. The van der Waals surface area contributed by atoms with E-state index in [1.54, 1.807) is 0 Å². The van der Waals surface area contributed by atoms with Crippen LogP contribution in [0.4, 0.5) is 22.4 Å². The number of carbonyl (C=O) groups is 1. The van der Waals surface area contributed by atoms with Crippen LogP contribution < -0.4 is 11.1 Å². The summed E-state index contributed by atoms with van der Waals surface area (Å²) in [6, 6.07) is -2.22. The summed E-state index contributed by atoms with van der Waals surface area (Å²) in [7, 11) is 0. The second kappa shape index (κ2) is 3.51. The molecule has 66 valence electrons. The Kier molecular flexibility index (Phi) is 3.24. The number of rotatable bonds is 2. The van der Waals surface area contributed by atoms with Gasteiger partial charge in [0.15, 0.2) is 0 Å². The molecule has 7 heteroatoms. The van der Waals surface area contributed by atoms with Gasteiger partial charge in [0.05, 0.1) is 0 Å². The Labute approximate surface area is 59.5 Å². The Balaban J connectivity index is 3.70. The van der Waals surface area contributed by atoms with Crippen LogP contribution in [0.5, 0.6) is 0 Å². The van der Waals surface area contributed by atoms with Crippen molar-refractivity contribution in [1.82, 2.24) is 5.32 Å².